The molecule has 0 aliphatic carbocycles. The molecule has 2 aromatic rings. The van der Waals surface area contributed by atoms with Gasteiger partial charge in [-0.3, -0.25) is 9.78 Å². The molecule has 0 atom stereocenters. The number of hydrogen-bond donors (Lipinski definition) is 0. The second-order valence-electron chi connectivity index (χ2n) is 5.05. The molecule has 0 saturated heterocycles. The first-order valence-electron chi connectivity index (χ1n) is 6.63. The third-order valence-corrected chi connectivity index (χ3v) is 3.99. The van der Waals surface area contributed by atoms with Crippen molar-refractivity contribution in [3.8, 4) is 0 Å². The summed E-state index contributed by atoms with van der Waals surface area (Å²) in [6, 6.07) is 9.56. The van der Waals surface area contributed by atoms with Crippen LogP contribution in [0.5, 0.6) is 0 Å². The molecule has 1 aromatic heterocycles. The van der Waals surface area contributed by atoms with E-state index in [0.717, 1.165) is 14.5 Å². The van der Waals surface area contributed by atoms with E-state index in [1.807, 2.05) is 49.1 Å². The van der Waals surface area contributed by atoms with E-state index in [9.17, 15) is 4.79 Å². The molecule has 0 spiro atoms. The van der Waals surface area contributed by atoms with Crippen molar-refractivity contribution in [2.45, 2.75) is 26.4 Å². The van der Waals surface area contributed by atoms with Crippen LogP contribution >= 0.6 is 31.9 Å². The van der Waals surface area contributed by atoms with Crippen LogP contribution in [0, 0.1) is 0 Å². The molecule has 1 aromatic carbocycles. The summed E-state index contributed by atoms with van der Waals surface area (Å²) in [6.07, 6.45) is 3.52. The first-order chi connectivity index (χ1) is 9.97. The Morgan fingerprint density at radius 3 is 2.43 bits per heavy atom. The van der Waals surface area contributed by atoms with Gasteiger partial charge in [-0.05, 0) is 43.7 Å². The van der Waals surface area contributed by atoms with Gasteiger partial charge in [0.1, 0.15) is 0 Å². The Kier molecular flexibility index (Phi) is 5.53. The first kappa shape index (κ1) is 16.2. The Morgan fingerprint density at radius 2 is 1.90 bits per heavy atom. The van der Waals surface area contributed by atoms with Crippen molar-refractivity contribution in [2.75, 3.05) is 0 Å². The zero-order valence-corrected chi connectivity index (χ0v) is 15.1. The number of amides is 1. The number of rotatable bonds is 4. The van der Waals surface area contributed by atoms with Gasteiger partial charge in [0.25, 0.3) is 5.91 Å². The lowest BCUT2D eigenvalue weighted by Crippen LogP contribution is -2.36. The van der Waals surface area contributed by atoms with E-state index < -0.39 is 0 Å². The van der Waals surface area contributed by atoms with Crippen molar-refractivity contribution in [3.63, 3.8) is 0 Å². The number of nitrogens with zero attached hydrogens (tertiary/aromatic N) is 2. The van der Waals surface area contributed by atoms with Crippen LogP contribution < -0.4 is 0 Å². The van der Waals surface area contributed by atoms with Gasteiger partial charge in [-0.15, -0.1) is 0 Å². The predicted molar refractivity (Wildman–Crippen MR) is 91.1 cm³/mol. The Bertz CT molecular complexity index is 609. The minimum absolute atomic E-state index is 0.0100. The second-order valence-corrected chi connectivity index (χ2v) is 6.88. The van der Waals surface area contributed by atoms with Crippen LogP contribution in [0.1, 0.15) is 29.8 Å². The lowest BCUT2D eigenvalue weighted by atomic mass is 10.1. The highest BCUT2D eigenvalue weighted by atomic mass is 79.9. The lowest BCUT2D eigenvalue weighted by Gasteiger charge is -2.27. The summed E-state index contributed by atoms with van der Waals surface area (Å²) in [4.78, 5) is 18.7. The molecule has 0 bridgehead atoms. The molecule has 2 rings (SSSR count). The van der Waals surface area contributed by atoms with Gasteiger partial charge in [-0.1, -0.05) is 37.9 Å². The molecule has 0 N–H and O–H groups in total. The molecule has 0 saturated carbocycles. The van der Waals surface area contributed by atoms with Crippen LogP contribution in [-0.4, -0.2) is 21.8 Å². The standard InChI is InChI=1S/C16H16Br2N2O/c1-11(2)20(10-12-4-3-5-19-9-12)16(21)13-6-14(17)8-15(18)7-13/h3-9,11H,10H2,1-2H3. The Balaban J connectivity index is 2.27. The quantitative estimate of drug-likeness (QED) is 0.733. The van der Waals surface area contributed by atoms with Crippen LogP contribution in [0.2, 0.25) is 0 Å². The predicted octanol–water partition coefficient (Wildman–Crippen LogP) is 4.66. The van der Waals surface area contributed by atoms with Crippen molar-refractivity contribution in [3.05, 3.63) is 62.8 Å². The molecule has 3 nitrogen and oxygen atoms in total. The Labute approximate surface area is 141 Å². The molecule has 5 heteroatoms. The summed E-state index contributed by atoms with van der Waals surface area (Å²) >= 11 is 6.85. The van der Waals surface area contributed by atoms with Gasteiger partial charge in [0.15, 0.2) is 0 Å². The van der Waals surface area contributed by atoms with Gasteiger partial charge >= 0.3 is 0 Å². The summed E-state index contributed by atoms with van der Waals surface area (Å²) in [5.74, 6) is 0.0100. The van der Waals surface area contributed by atoms with Crippen molar-refractivity contribution in [1.29, 1.82) is 0 Å². The van der Waals surface area contributed by atoms with Gasteiger partial charge in [0.2, 0.25) is 0 Å². The minimum atomic E-state index is 0.0100. The van der Waals surface area contributed by atoms with Crippen LogP contribution in [0.4, 0.5) is 0 Å². The zero-order valence-electron chi connectivity index (χ0n) is 11.9. The highest BCUT2D eigenvalue weighted by Gasteiger charge is 2.19. The van der Waals surface area contributed by atoms with Gasteiger partial charge in [0, 0.05) is 39.5 Å². The van der Waals surface area contributed by atoms with Gasteiger partial charge < -0.3 is 4.90 Å². The average molecular weight is 412 g/mol. The van der Waals surface area contributed by atoms with E-state index in [4.69, 9.17) is 0 Å². The third-order valence-electron chi connectivity index (χ3n) is 3.07. The Morgan fingerprint density at radius 1 is 1.24 bits per heavy atom. The molecule has 1 heterocycles. The van der Waals surface area contributed by atoms with Crippen LogP contribution in [0.3, 0.4) is 0 Å². The maximum absolute atomic E-state index is 12.8. The van der Waals surface area contributed by atoms with E-state index in [0.29, 0.717) is 12.1 Å². The summed E-state index contributed by atoms with van der Waals surface area (Å²) in [5.41, 5.74) is 1.68. The van der Waals surface area contributed by atoms with E-state index in [-0.39, 0.29) is 11.9 Å². The fourth-order valence-corrected chi connectivity index (χ4v) is 3.31. The molecule has 1 amide bonds. The normalized spacial score (nSPS) is 10.7. The number of pyridine rings is 1. The molecule has 21 heavy (non-hydrogen) atoms. The number of aromatic nitrogens is 1. The van der Waals surface area contributed by atoms with Crippen molar-refractivity contribution < 1.29 is 4.79 Å². The zero-order chi connectivity index (χ0) is 15.4. The molecular formula is C16H16Br2N2O. The molecule has 0 aliphatic rings. The summed E-state index contributed by atoms with van der Waals surface area (Å²) in [5, 5.41) is 0. The topological polar surface area (TPSA) is 33.2 Å². The van der Waals surface area contributed by atoms with Gasteiger partial charge in [-0.2, -0.15) is 0 Å². The fraction of sp³-hybridized carbons (Fsp3) is 0.250. The van der Waals surface area contributed by atoms with E-state index in [1.165, 1.54) is 0 Å². The second kappa shape index (κ2) is 7.18. The first-order valence-corrected chi connectivity index (χ1v) is 8.22. The van der Waals surface area contributed by atoms with Crippen molar-refractivity contribution in [2.24, 2.45) is 0 Å². The SMILES string of the molecule is CC(C)N(Cc1cccnc1)C(=O)c1cc(Br)cc(Br)c1. The molecule has 0 fully saturated rings. The third kappa shape index (κ3) is 4.38. The van der Waals surface area contributed by atoms with Crippen LogP contribution in [0.15, 0.2) is 51.7 Å². The molecular weight excluding hydrogens is 396 g/mol. The number of carbonyl (C=O) groups is 1. The largest absolute Gasteiger partial charge is 0.332 e. The minimum Gasteiger partial charge on any atom is -0.332 e. The van der Waals surface area contributed by atoms with Crippen molar-refractivity contribution >= 4 is 37.8 Å². The summed E-state index contributed by atoms with van der Waals surface area (Å²) in [6.45, 7) is 4.58. The van der Waals surface area contributed by atoms with E-state index >= 15 is 0 Å². The highest BCUT2D eigenvalue weighted by molar-refractivity contribution is 9.11. The van der Waals surface area contributed by atoms with Crippen LogP contribution in [0.25, 0.3) is 0 Å². The highest BCUT2D eigenvalue weighted by Crippen LogP contribution is 2.22. The van der Waals surface area contributed by atoms with Crippen molar-refractivity contribution in [1.82, 2.24) is 9.88 Å². The molecule has 110 valence electrons. The fourth-order valence-electron chi connectivity index (χ4n) is 2.02. The number of halogens is 2. The van der Waals surface area contributed by atoms with E-state index in [1.54, 1.807) is 12.4 Å². The molecule has 0 aliphatic heterocycles. The summed E-state index contributed by atoms with van der Waals surface area (Å²) < 4.78 is 1.76. The van der Waals surface area contributed by atoms with Gasteiger partial charge in [0.05, 0.1) is 0 Å². The average Bonchev–Trinajstić information content (AvgIpc) is 2.44. The maximum atomic E-state index is 12.8. The number of hydrogen-bond acceptors (Lipinski definition) is 2. The van der Waals surface area contributed by atoms with Crippen LogP contribution in [-0.2, 0) is 6.54 Å². The number of carbonyl (C=O) groups excluding carboxylic acids is 1. The number of benzene rings is 1. The smallest absolute Gasteiger partial charge is 0.254 e. The Hall–Kier alpha value is -1.20. The maximum Gasteiger partial charge on any atom is 0.254 e. The molecule has 0 unspecified atom stereocenters. The van der Waals surface area contributed by atoms with E-state index in [2.05, 4.69) is 36.8 Å². The molecule has 0 radical (unpaired) electrons. The van der Waals surface area contributed by atoms with Gasteiger partial charge in [-0.25, -0.2) is 0 Å². The lowest BCUT2D eigenvalue weighted by molar-refractivity contribution is 0.0690. The monoisotopic (exact) mass is 410 g/mol. The summed E-state index contributed by atoms with van der Waals surface area (Å²) in [7, 11) is 0.